The number of benzene rings is 1. The zero-order valence-electron chi connectivity index (χ0n) is 14.6. The number of hydrogen-bond donors (Lipinski definition) is 2. The number of carbonyl (C=O) groups excluding carboxylic acids is 1. The molecule has 0 aliphatic carbocycles. The van der Waals surface area contributed by atoms with E-state index in [9.17, 15) is 13.2 Å². The summed E-state index contributed by atoms with van der Waals surface area (Å²) in [6, 6.07) is 6.41. The van der Waals surface area contributed by atoms with E-state index in [1.807, 2.05) is 0 Å². The summed E-state index contributed by atoms with van der Waals surface area (Å²) in [4.78, 5) is 13.6. The van der Waals surface area contributed by atoms with Crippen molar-refractivity contribution in [2.45, 2.75) is 44.6 Å². The average Bonchev–Trinajstić information content (AvgIpc) is 3.01. The molecule has 1 unspecified atom stereocenters. The van der Waals surface area contributed by atoms with Crippen LogP contribution in [0.3, 0.4) is 0 Å². The van der Waals surface area contributed by atoms with Crippen LogP contribution in [-0.2, 0) is 14.8 Å². The van der Waals surface area contributed by atoms with Crippen molar-refractivity contribution < 1.29 is 13.2 Å². The first-order valence-corrected chi connectivity index (χ1v) is 9.89. The lowest BCUT2D eigenvalue weighted by Gasteiger charge is -2.30. The minimum absolute atomic E-state index is 0.186. The van der Waals surface area contributed by atoms with Gasteiger partial charge < -0.3 is 5.32 Å². The molecular formula is C17H27N3O3S. The number of hydrogen-bond acceptors (Lipinski definition) is 4. The first-order chi connectivity index (χ1) is 11.3. The van der Waals surface area contributed by atoms with E-state index < -0.39 is 10.0 Å². The molecule has 1 aromatic rings. The molecule has 1 aliphatic heterocycles. The lowest BCUT2D eigenvalue weighted by molar-refractivity contribution is -0.114. The maximum absolute atomic E-state index is 12.5. The summed E-state index contributed by atoms with van der Waals surface area (Å²) < 4.78 is 27.7. The molecule has 1 amide bonds. The molecule has 0 bridgehead atoms. The van der Waals surface area contributed by atoms with Crippen molar-refractivity contribution in [2.75, 3.05) is 25.0 Å². The molecule has 1 fully saturated rings. The second kappa shape index (κ2) is 8.09. The molecule has 1 aliphatic rings. The molecular weight excluding hydrogens is 326 g/mol. The molecule has 7 heteroatoms. The van der Waals surface area contributed by atoms with Crippen LogP contribution in [0.15, 0.2) is 29.2 Å². The first kappa shape index (κ1) is 18.9. The summed E-state index contributed by atoms with van der Waals surface area (Å²) in [7, 11) is -3.55. The maximum atomic E-state index is 12.5. The molecule has 0 radical (unpaired) electrons. The summed E-state index contributed by atoms with van der Waals surface area (Å²) >= 11 is 0. The lowest BCUT2D eigenvalue weighted by atomic mass is 10.0. The summed E-state index contributed by atoms with van der Waals surface area (Å²) in [5, 5.41) is 2.62. The Hall–Kier alpha value is -1.44. The smallest absolute Gasteiger partial charge is 0.240 e. The molecule has 1 saturated heterocycles. The highest BCUT2D eigenvalue weighted by Crippen LogP contribution is 2.19. The van der Waals surface area contributed by atoms with Gasteiger partial charge in [0.15, 0.2) is 0 Å². The van der Waals surface area contributed by atoms with E-state index in [-0.39, 0.29) is 16.8 Å². The van der Waals surface area contributed by atoms with Gasteiger partial charge in [0.1, 0.15) is 0 Å². The molecule has 24 heavy (non-hydrogen) atoms. The molecule has 6 nitrogen and oxygen atoms in total. The fourth-order valence-corrected chi connectivity index (χ4v) is 4.11. The zero-order valence-corrected chi connectivity index (χ0v) is 15.4. The molecule has 2 rings (SSSR count). The van der Waals surface area contributed by atoms with Gasteiger partial charge >= 0.3 is 0 Å². The van der Waals surface area contributed by atoms with Gasteiger partial charge in [-0.3, -0.25) is 9.69 Å². The monoisotopic (exact) mass is 353 g/mol. The second-order valence-corrected chi connectivity index (χ2v) is 8.38. The maximum Gasteiger partial charge on any atom is 0.240 e. The summed E-state index contributed by atoms with van der Waals surface area (Å²) in [5.41, 5.74) is 0.582. The Kier molecular flexibility index (Phi) is 6.37. The van der Waals surface area contributed by atoms with E-state index in [1.165, 1.54) is 31.9 Å². The number of likely N-dealkylation sites (tertiary alicyclic amines) is 1. The van der Waals surface area contributed by atoms with Gasteiger partial charge in [0.25, 0.3) is 0 Å². The largest absolute Gasteiger partial charge is 0.326 e. The van der Waals surface area contributed by atoms with Crippen molar-refractivity contribution in [1.29, 1.82) is 0 Å². The van der Waals surface area contributed by atoms with Crippen LogP contribution in [-0.4, -0.2) is 44.9 Å². The summed E-state index contributed by atoms with van der Waals surface area (Å²) in [5.74, 6) is 0.196. The molecule has 0 aromatic heterocycles. The van der Waals surface area contributed by atoms with E-state index in [0.717, 1.165) is 13.1 Å². The van der Waals surface area contributed by atoms with Gasteiger partial charge in [-0.1, -0.05) is 13.8 Å². The fourth-order valence-electron chi connectivity index (χ4n) is 3.06. The number of nitrogens with zero attached hydrogens (tertiary/aromatic N) is 1. The topological polar surface area (TPSA) is 78.5 Å². The highest BCUT2D eigenvalue weighted by atomic mass is 32.2. The Morgan fingerprint density at radius 1 is 1.17 bits per heavy atom. The highest BCUT2D eigenvalue weighted by molar-refractivity contribution is 7.89. The van der Waals surface area contributed by atoms with Crippen molar-refractivity contribution in [3.05, 3.63) is 24.3 Å². The third kappa shape index (κ3) is 5.03. The summed E-state index contributed by atoms with van der Waals surface area (Å²) in [6.07, 6.45) is 2.36. The number of sulfonamides is 1. The molecule has 2 N–H and O–H groups in total. The third-order valence-corrected chi connectivity index (χ3v) is 5.79. The Morgan fingerprint density at radius 3 is 2.25 bits per heavy atom. The van der Waals surface area contributed by atoms with E-state index >= 15 is 0 Å². The van der Waals surface area contributed by atoms with Gasteiger partial charge in [0.2, 0.25) is 15.9 Å². The second-order valence-electron chi connectivity index (χ2n) is 6.61. The predicted molar refractivity (Wildman–Crippen MR) is 95.4 cm³/mol. The lowest BCUT2D eigenvalue weighted by Crippen LogP contribution is -2.45. The Morgan fingerprint density at radius 2 is 1.75 bits per heavy atom. The van der Waals surface area contributed by atoms with Crippen LogP contribution < -0.4 is 10.0 Å². The van der Waals surface area contributed by atoms with Crippen LogP contribution in [0, 0.1) is 5.92 Å². The van der Waals surface area contributed by atoms with Gasteiger partial charge in [-0.15, -0.1) is 0 Å². The Bertz CT molecular complexity index is 650. The van der Waals surface area contributed by atoms with Gasteiger partial charge in [-0.05, 0) is 56.1 Å². The number of nitrogens with one attached hydrogen (secondary N) is 2. The molecule has 134 valence electrons. The normalized spacial score (nSPS) is 17.2. The summed E-state index contributed by atoms with van der Waals surface area (Å²) in [6.45, 7) is 8.15. The van der Waals surface area contributed by atoms with Crippen LogP contribution in [0.5, 0.6) is 0 Å². The van der Waals surface area contributed by atoms with Gasteiger partial charge in [-0.2, -0.15) is 0 Å². The molecule has 1 atom stereocenters. The molecule has 1 heterocycles. The molecule has 0 saturated carbocycles. The minimum atomic E-state index is -3.55. The number of carbonyl (C=O) groups is 1. The third-order valence-electron chi connectivity index (χ3n) is 4.35. The van der Waals surface area contributed by atoms with E-state index in [2.05, 4.69) is 28.8 Å². The highest BCUT2D eigenvalue weighted by Gasteiger charge is 2.26. The number of amides is 1. The van der Waals surface area contributed by atoms with Crippen LogP contribution >= 0.6 is 0 Å². The van der Waals surface area contributed by atoms with Crippen molar-refractivity contribution in [1.82, 2.24) is 9.62 Å². The fraction of sp³-hybridized carbons (Fsp3) is 0.588. The van der Waals surface area contributed by atoms with Crippen molar-refractivity contribution in [2.24, 2.45) is 5.92 Å². The standard InChI is InChI=1S/C17H27N3O3S/c1-13(2)17(20-10-4-5-11-20)12-18-24(22,23)16-8-6-15(7-9-16)19-14(3)21/h6-9,13,17-18H,4-5,10-12H2,1-3H3,(H,19,21). The van der Waals surface area contributed by atoms with Crippen LogP contribution in [0.1, 0.15) is 33.6 Å². The quantitative estimate of drug-likeness (QED) is 0.786. The van der Waals surface area contributed by atoms with E-state index in [1.54, 1.807) is 12.1 Å². The first-order valence-electron chi connectivity index (χ1n) is 8.41. The van der Waals surface area contributed by atoms with Gasteiger partial charge in [-0.25, -0.2) is 13.1 Å². The number of anilines is 1. The van der Waals surface area contributed by atoms with Crippen LogP contribution in [0.25, 0.3) is 0 Å². The molecule has 0 spiro atoms. The Labute approximate surface area is 144 Å². The number of rotatable bonds is 7. The van der Waals surface area contributed by atoms with Crippen molar-refractivity contribution in [3.63, 3.8) is 0 Å². The van der Waals surface area contributed by atoms with E-state index in [4.69, 9.17) is 0 Å². The Balaban J connectivity index is 2.02. The van der Waals surface area contributed by atoms with Crippen LogP contribution in [0.4, 0.5) is 5.69 Å². The van der Waals surface area contributed by atoms with Crippen molar-refractivity contribution >= 4 is 21.6 Å². The molecule has 1 aromatic carbocycles. The van der Waals surface area contributed by atoms with Gasteiger partial charge in [0, 0.05) is 25.2 Å². The predicted octanol–water partition coefficient (Wildman–Crippen LogP) is 2.04. The zero-order chi connectivity index (χ0) is 17.7. The van der Waals surface area contributed by atoms with Crippen LogP contribution in [0.2, 0.25) is 0 Å². The van der Waals surface area contributed by atoms with Crippen molar-refractivity contribution in [3.8, 4) is 0 Å². The minimum Gasteiger partial charge on any atom is -0.326 e. The van der Waals surface area contributed by atoms with Gasteiger partial charge in [0.05, 0.1) is 4.90 Å². The average molecular weight is 353 g/mol. The SMILES string of the molecule is CC(=O)Nc1ccc(S(=O)(=O)NCC(C(C)C)N2CCCC2)cc1. The van der Waals surface area contributed by atoms with E-state index in [0.29, 0.717) is 18.2 Å².